The molecule has 0 heterocycles. The SMILES string of the molecule is NC(=O)c1ccccc1CCS. The second-order valence-electron chi connectivity index (χ2n) is 2.50. The van der Waals surface area contributed by atoms with Crippen LogP contribution in [0.3, 0.4) is 0 Å². The van der Waals surface area contributed by atoms with Crippen molar-refractivity contribution in [1.82, 2.24) is 0 Å². The average molecular weight is 181 g/mol. The highest BCUT2D eigenvalue weighted by atomic mass is 32.1. The number of primary amides is 1. The van der Waals surface area contributed by atoms with Crippen molar-refractivity contribution in [3.05, 3.63) is 35.4 Å². The molecule has 1 aromatic carbocycles. The minimum Gasteiger partial charge on any atom is -0.366 e. The molecule has 0 aliphatic heterocycles. The van der Waals surface area contributed by atoms with Crippen molar-refractivity contribution >= 4 is 18.5 Å². The number of thiol groups is 1. The van der Waals surface area contributed by atoms with E-state index in [1.165, 1.54) is 0 Å². The fraction of sp³-hybridized carbons (Fsp3) is 0.222. The van der Waals surface area contributed by atoms with E-state index in [1.807, 2.05) is 18.2 Å². The molecule has 2 nitrogen and oxygen atoms in total. The van der Waals surface area contributed by atoms with Gasteiger partial charge in [-0.2, -0.15) is 12.6 Å². The summed E-state index contributed by atoms with van der Waals surface area (Å²) in [7, 11) is 0. The van der Waals surface area contributed by atoms with Crippen molar-refractivity contribution in [2.45, 2.75) is 6.42 Å². The van der Waals surface area contributed by atoms with E-state index in [0.29, 0.717) is 5.56 Å². The Labute approximate surface area is 77.2 Å². The summed E-state index contributed by atoms with van der Waals surface area (Å²) in [6.07, 6.45) is 0.780. The lowest BCUT2D eigenvalue weighted by molar-refractivity contribution is 0.0999. The first-order chi connectivity index (χ1) is 5.75. The third kappa shape index (κ3) is 2.01. The molecule has 3 heteroatoms. The molecule has 12 heavy (non-hydrogen) atoms. The van der Waals surface area contributed by atoms with Crippen LogP contribution in [0.2, 0.25) is 0 Å². The maximum atomic E-state index is 10.9. The van der Waals surface area contributed by atoms with Gasteiger partial charge in [0, 0.05) is 5.56 Å². The Morgan fingerprint density at radius 2 is 2.08 bits per heavy atom. The molecule has 0 radical (unpaired) electrons. The van der Waals surface area contributed by atoms with Crippen molar-refractivity contribution < 1.29 is 4.79 Å². The summed E-state index contributed by atoms with van der Waals surface area (Å²) in [5, 5.41) is 0. The number of carbonyl (C=O) groups is 1. The van der Waals surface area contributed by atoms with Gasteiger partial charge in [-0.3, -0.25) is 4.79 Å². The molecule has 0 aliphatic carbocycles. The van der Waals surface area contributed by atoms with E-state index in [-0.39, 0.29) is 5.91 Å². The average Bonchev–Trinajstić information content (AvgIpc) is 2.05. The summed E-state index contributed by atoms with van der Waals surface area (Å²) >= 11 is 4.10. The molecule has 0 aliphatic rings. The van der Waals surface area contributed by atoms with Crippen LogP contribution in [0.1, 0.15) is 15.9 Å². The van der Waals surface area contributed by atoms with E-state index in [1.54, 1.807) is 6.07 Å². The number of hydrogen-bond acceptors (Lipinski definition) is 2. The normalized spacial score (nSPS) is 9.75. The van der Waals surface area contributed by atoms with Crippen LogP contribution in [0.4, 0.5) is 0 Å². The van der Waals surface area contributed by atoms with Gasteiger partial charge in [0.25, 0.3) is 0 Å². The number of amides is 1. The monoisotopic (exact) mass is 181 g/mol. The van der Waals surface area contributed by atoms with E-state index in [0.717, 1.165) is 17.7 Å². The number of hydrogen-bond donors (Lipinski definition) is 2. The molecular formula is C9H11NOS. The molecule has 2 N–H and O–H groups in total. The maximum Gasteiger partial charge on any atom is 0.248 e. The highest BCUT2D eigenvalue weighted by Gasteiger charge is 2.04. The maximum absolute atomic E-state index is 10.9. The molecule has 1 rings (SSSR count). The number of benzene rings is 1. The number of nitrogens with two attached hydrogens (primary N) is 1. The van der Waals surface area contributed by atoms with Crippen LogP contribution in [-0.2, 0) is 6.42 Å². The lowest BCUT2D eigenvalue weighted by atomic mass is 10.1. The highest BCUT2D eigenvalue weighted by molar-refractivity contribution is 7.80. The smallest absolute Gasteiger partial charge is 0.248 e. The molecule has 1 amide bonds. The molecule has 0 bridgehead atoms. The predicted molar refractivity (Wildman–Crippen MR) is 52.5 cm³/mol. The van der Waals surface area contributed by atoms with Crippen molar-refractivity contribution in [2.24, 2.45) is 5.73 Å². The van der Waals surface area contributed by atoms with Gasteiger partial charge in [-0.1, -0.05) is 18.2 Å². The minimum atomic E-state index is -0.368. The number of aryl methyl sites for hydroxylation is 1. The molecule has 0 saturated carbocycles. The van der Waals surface area contributed by atoms with E-state index in [2.05, 4.69) is 12.6 Å². The van der Waals surface area contributed by atoms with E-state index < -0.39 is 0 Å². The molecular weight excluding hydrogens is 170 g/mol. The Morgan fingerprint density at radius 3 is 2.67 bits per heavy atom. The standard InChI is InChI=1S/C9H11NOS/c10-9(11)8-4-2-1-3-7(8)5-6-12/h1-4,12H,5-6H2,(H2,10,11). The van der Waals surface area contributed by atoms with Gasteiger partial charge < -0.3 is 5.73 Å². The largest absolute Gasteiger partial charge is 0.366 e. The Bertz CT molecular complexity index is 286. The van der Waals surface area contributed by atoms with Gasteiger partial charge in [0.1, 0.15) is 0 Å². The van der Waals surface area contributed by atoms with Gasteiger partial charge in [0.15, 0.2) is 0 Å². The zero-order chi connectivity index (χ0) is 8.97. The Balaban J connectivity index is 3.00. The summed E-state index contributed by atoms with van der Waals surface area (Å²) in [6, 6.07) is 7.34. The zero-order valence-electron chi connectivity index (χ0n) is 6.66. The number of carbonyl (C=O) groups excluding carboxylic acids is 1. The minimum absolute atomic E-state index is 0.368. The van der Waals surface area contributed by atoms with Crippen molar-refractivity contribution in [2.75, 3.05) is 5.75 Å². The van der Waals surface area contributed by atoms with E-state index in [9.17, 15) is 4.79 Å². The van der Waals surface area contributed by atoms with Gasteiger partial charge in [-0.15, -0.1) is 0 Å². The lowest BCUT2D eigenvalue weighted by Gasteiger charge is -2.03. The number of rotatable bonds is 3. The highest BCUT2D eigenvalue weighted by Crippen LogP contribution is 2.08. The Morgan fingerprint density at radius 1 is 1.42 bits per heavy atom. The third-order valence-corrected chi connectivity index (χ3v) is 1.89. The molecule has 0 spiro atoms. The Hall–Kier alpha value is -0.960. The fourth-order valence-corrected chi connectivity index (χ4v) is 1.34. The summed E-state index contributed by atoms with van der Waals surface area (Å²) in [5.74, 6) is 0.358. The van der Waals surface area contributed by atoms with Gasteiger partial charge in [-0.05, 0) is 23.8 Å². The third-order valence-electron chi connectivity index (χ3n) is 1.66. The summed E-state index contributed by atoms with van der Waals surface area (Å²) in [4.78, 5) is 10.9. The molecule has 0 saturated heterocycles. The van der Waals surface area contributed by atoms with Crippen LogP contribution in [0, 0.1) is 0 Å². The van der Waals surface area contributed by atoms with Crippen LogP contribution < -0.4 is 5.73 Å². The first-order valence-corrected chi connectivity index (χ1v) is 4.37. The van der Waals surface area contributed by atoms with Crippen molar-refractivity contribution in [3.8, 4) is 0 Å². The zero-order valence-corrected chi connectivity index (χ0v) is 7.55. The van der Waals surface area contributed by atoms with E-state index in [4.69, 9.17) is 5.73 Å². The van der Waals surface area contributed by atoms with Gasteiger partial charge in [0.05, 0.1) is 0 Å². The quantitative estimate of drug-likeness (QED) is 0.677. The van der Waals surface area contributed by atoms with Crippen LogP contribution in [-0.4, -0.2) is 11.7 Å². The van der Waals surface area contributed by atoms with Crippen LogP contribution >= 0.6 is 12.6 Å². The molecule has 0 atom stereocenters. The fourth-order valence-electron chi connectivity index (χ4n) is 1.10. The first-order valence-electron chi connectivity index (χ1n) is 3.74. The second-order valence-corrected chi connectivity index (χ2v) is 2.94. The van der Waals surface area contributed by atoms with Gasteiger partial charge in [-0.25, -0.2) is 0 Å². The molecule has 1 aromatic rings. The van der Waals surface area contributed by atoms with Crippen LogP contribution in [0.5, 0.6) is 0 Å². The molecule has 0 unspecified atom stereocenters. The summed E-state index contributed by atoms with van der Waals surface area (Å²) < 4.78 is 0. The predicted octanol–water partition coefficient (Wildman–Crippen LogP) is 1.26. The van der Waals surface area contributed by atoms with E-state index >= 15 is 0 Å². The van der Waals surface area contributed by atoms with Gasteiger partial charge in [0.2, 0.25) is 5.91 Å². The van der Waals surface area contributed by atoms with Gasteiger partial charge >= 0.3 is 0 Å². The van der Waals surface area contributed by atoms with Crippen molar-refractivity contribution in [3.63, 3.8) is 0 Å². The van der Waals surface area contributed by atoms with Crippen LogP contribution in [0.15, 0.2) is 24.3 Å². The molecule has 0 aromatic heterocycles. The topological polar surface area (TPSA) is 43.1 Å². The molecule has 64 valence electrons. The first kappa shape index (κ1) is 9.13. The Kier molecular flexibility index (Phi) is 3.17. The summed E-state index contributed by atoms with van der Waals surface area (Å²) in [6.45, 7) is 0. The molecule has 0 fully saturated rings. The van der Waals surface area contributed by atoms with Crippen molar-refractivity contribution in [1.29, 1.82) is 0 Å². The van der Waals surface area contributed by atoms with Crippen LogP contribution in [0.25, 0.3) is 0 Å². The second kappa shape index (κ2) is 4.16. The summed E-state index contributed by atoms with van der Waals surface area (Å²) in [5.41, 5.74) is 6.76. The lowest BCUT2D eigenvalue weighted by Crippen LogP contribution is -2.13.